The lowest BCUT2D eigenvalue weighted by Crippen LogP contribution is -2.15. The lowest BCUT2D eigenvalue weighted by molar-refractivity contribution is 0.542. The molecule has 0 saturated carbocycles. The van der Waals surface area contributed by atoms with Gasteiger partial charge >= 0.3 is 0 Å². The zero-order valence-corrected chi connectivity index (χ0v) is 54.7. The first-order valence-electron chi connectivity index (χ1n) is 43.5. The second-order valence-electron chi connectivity index (χ2n) is 26.4. The van der Waals surface area contributed by atoms with Crippen molar-refractivity contribution in [3.05, 3.63) is 336 Å². The molecule has 472 valence electrons. The van der Waals surface area contributed by atoms with Crippen LogP contribution in [0, 0.1) is 0 Å². The Labute approximate surface area is 597 Å². The van der Waals surface area contributed by atoms with Crippen LogP contribution in [0.4, 0.5) is 0 Å². The van der Waals surface area contributed by atoms with Crippen molar-refractivity contribution in [2.75, 3.05) is 0 Å². The first kappa shape index (κ1) is 41.8. The Balaban J connectivity index is 0.000000179. The van der Waals surface area contributed by atoms with E-state index in [0.717, 1.165) is 79.8 Å². The third-order valence-corrected chi connectivity index (χ3v) is 20.6. The summed E-state index contributed by atoms with van der Waals surface area (Å²) in [5.41, 5.74) is 14.8. The first-order valence-corrected chi connectivity index (χ1v) is 33.5. The lowest BCUT2D eigenvalue weighted by atomic mass is 9.79. The monoisotopic (exact) mass is 1270 g/mol. The third-order valence-electron chi connectivity index (χ3n) is 20.6. The van der Waals surface area contributed by atoms with Crippen LogP contribution in [0.1, 0.15) is 152 Å². The summed E-state index contributed by atoms with van der Waals surface area (Å²) in [6, 6.07) is 53.8. The van der Waals surface area contributed by atoms with Crippen LogP contribution in [-0.2, 0) is 5.41 Å². The molecular weight excluding hydrogens is 1170 g/mol. The summed E-state index contributed by atoms with van der Waals surface area (Å²) in [4.78, 5) is 0. The fourth-order valence-corrected chi connectivity index (χ4v) is 15.7. The number of rotatable bonds is 14. The van der Waals surface area contributed by atoms with Gasteiger partial charge in [-0.25, -0.2) is 0 Å². The van der Waals surface area contributed by atoms with Crippen molar-refractivity contribution in [1.29, 1.82) is 0 Å². The Morgan fingerprint density at radius 3 is 1.05 bits per heavy atom. The molecule has 1 aliphatic carbocycles. The van der Waals surface area contributed by atoms with Crippen LogP contribution in [-0.4, -0.2) is 18.3 Å². The van der Waals surface area contributed by atoms with Gasteiger partial charge in [-0.05, 0) is 179 Å². The summed E-state index contributed by atoms with van der Waals surface area (Å²) in [5.74, 6) is 0.358. The lowest BCUT2D eigenvalue weighted by Gasteiger charge is -2.25. The van der Waals surface area contributed by atoms with Crippen LogP contribution in [0.3, 0.4) is 0 Å². The van der Waals surface area contributed by atoms with E-state index in [0.29, 0.717) is 42.1 Å². The number of benzene rings is 13. The van der Waals surface area contributed by atoms with Gasteiger partial charge < -0.3 is 18.3 Å². The molecule has 4 heteroatoms. The highest BCUT2D eigenvalue weighted by Crippen LogP contribution is 2.50. The molecule has 0 saturated heterocycles. The molecule has 97 heavy (non-hydrogen) atoms. The third kappa shape index (κ3) is 10.1. The van der Waals surface area contributed by atoms with Crippen LogP contribution in [0.2, 0.25) is 0 Å². The average molecular weight is 1270 g/mol. The molecule has 18 rings (SSSR count). The second-order valence-corrected chi connectivity index (χ2v) is 26.4. The SMILES string of the molecule is [2H]c1c([2H])c([2H])c2c(c1[2H])c1c([2H])c([2H])c([2H])c([2H])c1n2-c1cc(C(C)CC(CC)c2ccc3c(c2)C(C)(C)c2ccccc2-3)cc(-n2c3c([2H])c([2H])c([2H])c([2H])c3c3c([2H])c([2H])c([2H])c([2H])c32)c1.[2H]c1ccc2c(c1)c1cc([2H])ccc1n2-c1cc(C(C)CC(CC)c2ccccc2)cc(-n2c3ccc([2H])cc3c3cc([2H])ccc32)c1. The standard InChI is InChI=1S/C51H44N2.C42H36N2/c1-5-34(35-26-27-40-39-16-6-11-21-45(39)51(3,4)46(40)31-35)28-33(2)36-29-37(52-47-22-12-7-17-41(47)42-18-8-13-23-48(42)52)32-38(30-36)53-49-24-14-9-19-43(49)44-20-10-15-25-50(44)53;1-3-30(31-15-5-4-6-16-31)25-29(2)32-26-33(43-39-21-11-7-17-35(39)36-18-8-12-22-40(36)43)28-34(27-32)44-41-23-13-9-19-37(41)38-20-10-14-24-42(38)44/h6-27,29-34H,5,28H2,1-4H3;4-24,26-30H,3,25H2,1-2H3/i7D,8D,9D,10D,12D,13D,14D,15D,17D,18D,19D,20D,22D,23D,24D,25D;7D,8D,9D,10D. The summed E-state index contributed by atoms with van der Waals surface area (Å²) >= 11 is 0. The summed E-state index contributed by atoms with van der Waals surface area (Å²) < 4.78 is 184. The van der Waals surface area contributed by atoms with E-state index in [1.807, 2.05) is 85.8 Å². The maximum atomic E-state index is 9.27. The van der Waals surface area contributed by atoms with E-state index in [4.69, 9.17) is 21.9 Å². The first-order chi connectivity index (χ1) is 55.8. The van der Waals surface area contributed by atoms with Crippen molar-refractivity contribution < 1.29 is 27.4 Å². The summed E-state index contributed by atoms with van der Waals surface area (Å²) in [6.07, 6.45) is 3.38. The van der Waals surface area contributed by atoms with Gasteiger partial charge in [0.1, 0.15) is 0 Å². The summed E-state index contributed by atoms with van der Waals surface area (Å²) in [6.45, 7) is 13.2. The molecule has 13 aromatic carbocycles. The molecule has 4 nitrogen and oxygen atoms in total. The fraction of sp³-hybridized carbons (Fsp3) is 0.161. The molecule has 0 spiro atoms. The minimum Gasteiger partial charge on any atom is -0.309 e. The average Bonchev–Trinajstić information content (AvgIpc) is 1.54. The highest BCUT2D eigenvalue weighted by molar-refractivity contribution is 6.12. The molecule has 17 aromatic rings. The van der Waals surface area contributed by atoms with E-state index in [2.05, 4.69) is 129 Å². The minimum absolute atomic E-state index is 0.0108. The topological polar surface area (TPSA) is 19.7 Å². The Hall–Kier alpha value is -10.9. The van der Waals surface area contributed by atoms with Crippen molar-refractivity contribution in [3.8, 4) is 33.9 Å². The molecule has 0 N–H and O–H groups in total. The smallest absolute Gasteiger partial charge is 0.0645 e. The zero-order chi connectivity index (χ0) is 82.9. The quantitative estimate of drug-likeness (QED) is 0.103. The predicted molar refractivity (Wildman–Crippen MR) is 413 cm³/mol. The highest BCUT2D eigenvalue weighted by Gasteiger charge is 2.36. The van der Waals surface area contributed by atoms with Gasteiger partial charge in [-0.2, -0.15) is 0 Å². The van der Waals surface area contributed by atoms with Gasteiger partial charge in [0.25, 0.3) is 0 Å². The number of hydrogen-bond acceptors (Lipinski definition) is 0. The van der Waals surface area contributed by atoms with Crippen molar-refractivity contribution >= 4 is 87.2 Å². The van der Waals surface area contributed by atoms with E-state index in [1.54, 1.807) is 18.2 Å². The second kappa shape index (κ2) is 24.4. The molecule has 4 aromatic heterocycles. The van der Waals surface area contributed by atoms with E-state index < -0.39 is 96.7 Å². The van der Waals surface area contributed by atoms with Gasteiger partial charge in [0, 0.05) is 71.3 Å². The molecule has 4 atom stereocenters. The normalized spacial score (nSPS) is 16.8. The predicted octanol–water partition coefficient (Wildman–Crippen LogP) is 25.4. The summed E-state index contributed by atoms with van der Waals surface area (Å²) in [5, 5.41) is 3.33. The van der Waals surface area contributed by atoms with Gasteiger partial charge in [-0.3, -0.25) is 0 Å². The molecule has 0 aliphatic heterocycles. The minimum atomic E-state index is -0.600. The number of nitrogens with zero attached hydrogens (tertiary/aromatic N) is 4. The molecule has 0 fully saturated rings. The zero-order valence-electron chi connectivity index (χ0n) is 74.7. The van der Waals surface area contributed by atoms with Gasteiger partial charge in [0.05, 0.1) is 71.5 Å². The molecule has 1 aliphatic rings. The van der Waals surface area contributed by atoms with Gasteiger partial charge in [0.15, 0.2) is 0 Å². The Kier molecular flexibility index (Phi) is 10.5. The Morgan fingerprint density at radius 1 is 0.299 bits per heavy atom. The van der Waals surface area contributed by atoms with Gasteiger partial charge in [-0.15, -0.1) is 0 Å². The maximum Gasteiger partial charge on any atom is 0.0645 e. The number of para-hydroxylation sites is 8. The van der Waals surface area contributed by atoms with Crippen LogP contribution in [0.5, 0.6) is 0 Å². The summed E-state index contributed by atoms with van der Waals surface area (Å²) in [7, 11) is 0. The van der Waals surface area contributed by atoms with Crippen molar-refractivity contribution in [1.82, 2.24) is 18.3 Å². The fourth-order valence-electron chi connectivity index (χ4n) is 15.7. The number of fused-ring (bicyclic) bond motifs is 15. The van der Waals surface area contributed by atoms with Crippen molar-refractivity contribution in [2.24, 2.45) is 0 Å². The van der Waals surface area contributed by atoms with Crippen LogP contribution >= 0.6 is 0 Å². The van der Waals surface area contributed by atoms with E-state index >= 15 is 0 Å². The van der Waals surface area contributed by atoms with Gasteiger partial charge in [-0.1, -0.05) is 260 Å². The largest absolute Gasteiger partial charge is 0.309 e. The van der Waals surface area contributed by atoms with E-state index in [9.17, 15) is 5.48 Å². The van der Waals surface area contributed by atoms with Crippen LogP contribution < -0.4 is 0 Å². The Bertz CT molecular complexity index is 6500. The van der Waals surface area contributed by atoms with Crippen LogP contribution in [0.15, 0.2) is 303 Å². The van der Waals surface area contributed by atoms with E-state index in [-0.39, 0.29) is 78.2 Å². The molecular formula is C93H80N4. The van der Waals surface area contributed by atoms with Crippen molar-refractivity contribution in [2.45, 2.75) is 96.3 Å². The van der Waals surface area contributed by atoms with Gasteiger partial charge in [0.2, 0.25) is 0 Å². The molecule has 0 bridgehead atoms. The molecule has 0 radical (unpaired) electrons. The maximum absolute atomic E-state index is 9.27. The van der Waals surface area contributed by atoms with Crippen LogP contribution in [0.25, 0.3) is 121 Å². The molecule has 4 unspecified atom stereocenters. The highest BCUT2D eigenvalue weighted by atomic mass is 15.0. The number of aromatic nitrogens is 4. The van der Waals surface area contributed by atoms with Crippen molar-refractivity contribution in [3.63, 3.8) is 0 Å². The molecule has 4 heterocycles. The molecule has 0 amide bonds. The Morgan fingerprint density at radius 2 is 0.649 bits per heavy atom. The van der Waals surface area contributed by atoms with E-state index in [1.165, 1.54) is 42.5 Å². The number of hydrogen-bond donors (Lipinski definition) is 0.